The van der Waals surface area contributed by atoms with Gasteiger partial charge in [-0.2, -0.15) is 0 Å². The third-order valence-electron chi connectivity index (χ3n) is 6.45. The summed E-state index contributed by atoms with van der Waals surface area (Å²) in [6, 6.07) is 0. The van der Waals surface area contributed by atoms with Crippen LogP contribution in [-0.4, -0.2) is 25.2 Å². The van der Waals surface area contributed by atoms with Crippen molar-refractivity contribution in [2.45, 2.75) is 149 Å². The molecule has 0 radical (unpaired) electrons. The first-order chi connectivity index (χ1) is 16.9. The molecule has 0 N–H and O–H groups in total. The van der Waals surface area contributed by atoms with E-state index in [1.165, 1.54) is 109 Å². The Morgan fingerprint density at radius 3 is 0.743 bits per heavy atom. The van der Waals surface area contributed by atoms with Crippen LogP contribution in [0.2, 0.25) is 0 Å². The van der Waals surface area contributed by atoms with Gasteiger partial charge in [-0.15, -0.1) is 0 Å². The Morgan fingerprint density at radius 2 is 0.571 bits per heavy atom. The molecule has 0 unspecified atom stereocenters. The molecule has 4 heteroatoms. The zero-order valence-corrected chi connectivity index (χ0v) is 23.3. The molecule has 0 amide bonds. The highest BCUT2D eigenvalue weighted by atomic mass is 16.5. The molecule has 0 bridgehead atoms. The predicted octanol–water partition coefficient (Wildman–Crippen LogP) is 9.42. The van der Waals surface area contributed by atoms with Crippen molar-refractivity contribution in [3.63, 3.8) is 0 Å². The molecule has 35 heavy (non-hydrogen) atoms. The first kappa shape index (κ1) is 33.4. The number of carbonyl (C=O) groups excluding carboxylic acids is 2. The standard InChI is InChI=1S/C31H56O4/c1-28(2)30(32)34-26-24-22-20-18-16-14-12-10-8-6-5-7-9-11-13-15-17-19-21-23-25-27-35-31(33)29(3)4/h1,3,5-27H2,2,4H3. The second-order valence-electron chi connectivity index (χ2n) is 10.3. The van der Waals surface area contributed by atoms with Crippen LogP contribution in [0, 0.1) is 0 Å². The second kappa shape index (κ2) is 25.5. The van der Waals surface area contributed by atoms with Crippen LogP contribution in [-0.2, 0) is 19.1 Å². The topological polar surface area (TPSA) is 52.6 Å². The Bertz CT molecular complexity index is 504. The molecule has 204 valence electrons. The lowest BCUT2D eigenvalue weighted by molar-refractivity contribution is -0.139. The van der Waals surface area contributed by atoms with E-state index < -0.39 is 0 Å². The summed E-state index contributed by atoms with van der Waals surface area (Å²) in [4.78, 5) is 22.5. The number of carbonyl (C=O) groups is 2. The SMILES string of the molecule is C=C(C)C(=O)OCCCCCCCCCCCCCCCCCCCCCCCOC(=O)C(=C)C. The molecule has 4 nitrogen and oxygen atoms in total. The van der Waals surface area contributed by atoms with E-state index in [1.807, 2.05) is 0 Å². The average Bonchev–Trinajstić information content (AvgIpc) is 2.83. The number of hydrogen-bond acceptors (Lipinski definition) is 4. The van der Waals surface area contributed by atoms with Gasteiger partial charge in [-0.05, 0) is 26.7 Å². The monoisotopic (exact) mass is 492 g/mol. The highest BCUT2D eigenvalue weighted by Gasteiger charge is 2.03. The van der Waals surface area contributed by atoms with Crippen LogP contribution in [0.1, 0.15) is 149 Å². The van der Waals surface area contributed by atoms with Crippen LogP contribution in [0.3, 0.4) is 0 Å². The third kappa shape index (κ3) is 25.3. The van der Waals surface area contributed by atoms with Gasteiger partial charge in [0.25, 0.3) is 0 Å². The number of hydrogen-bond donors (Lipinski definition) is 0. The second-order valence-corrected chi connectivity index (χ2v) is 10.3. The maximum Gasteiger partial charge on any atom is 0.333 e. The Labute approximate surface area is 217 Å². The van der Waals surface area contributed by atoms with Gasteiger partial charge in [0, 0.05) is 11.1 Å². The lowest BCUT2D eigenvalue weighted by Gasteiger charge is -2.05. The van der Waals surface area contributed by atoms with Crippen molar-refractivity contribution in [2.75, 3.05) is 13.2 Å². The zero-order valence-electron chi connectivity index (χ0n) is 23.3. The molecule has 0 aromatic rings. The van der Waals surface area contributed by atoms with E-state index in [2.05, 4.69) is 13.2 Å². The van der Waals surface area contributed by atoms with Gasteiger partial charge in [0.2, 0.25) is 0 Å². The third-order valence-corrected chi connectivity index (χ3v) is 6.45. The molecular weight excluding hydrogens is 436 g/mol. The Balaban J connectivity index is 3.11. The number of rotatable bonds is 26. The van der Waals surface area contributed by atoms with Gasteiger partial charge in [0.15, 0.2) is 0 Å². The summed E-state index contributed by atoms with van der Waals surface area (Å²) in [5.74, 6) is -0.525. The van der Waals surface area contributed by atoms with Crippen molar-refractivity contribution in [2.24, 2.45) is 0 Å². The van der Waals surface area contributed by atoms with Crippen molar-refractivity contribution < 1.29 is 19.1 Å². The minimum absolute atomic E-state index is 0.262. The van der Waals surface area contributed by atoms with Gasteiger partial charge >= 0.3 is 11.9 Å². The molecule has 0 aliphatic rings. The number of unbranched alkanes of at least 4 members (excludes halogenated alkanes) is 20. The molecule has 0 aromatic carbocycles. The van der Waals surface area contributed by atoms with Crippen LogP contribution in [0.25, 0.3) is 0 Å². The summed E-state index contributed by atoms with van der Waals surface area (Å²) in [5.41, 5.74) is 0.968. The van der Waals surface area contributed by atoms with Crippen molar-refractivity contribution in [1.29, 1.82) is 0 Å². The number of esters is 2. The molecule has 0 aliphatic carbocycles. The van der Waals surface area contributed by atoms with Crippen LogP contribution in [0.15, 0.2) is 24.3 Å². The highest BCUT2D eigenvalue weighted by molar-refractivity contribution is 5.87. The Kier molecular flexibility index (Phi) is 24.4. The van der Waals surface area contributed by atoms with Crippen molar-refractivity contribution in [1.82, 2.24) is 0 Å². The first-order valence-corrected chi connectivity index (χ1v) is 14.6. The molecule has 0 saturated carbocycles. The van der Waals surface area contributed by atoms with Crippen molar-refractivity contribution >= 4 is 11.9 Å². The molecule has 0 spiro atoms. The average molecular weight is 493 g/mol. The van der Waals surface area contributed by atoms with Gasteiger partial charge in [0.05, 0.1) is 13.2 Å². The fraction of sp³-hybridized carbons (Fsp3) is 0.806. The van der Waals surface area contributed by atoms with E-state index in [9.17, 15) is 9.59 Å². The Hall–Kier alpha value is -1.58. The molecule has 0 aliphatic heterocycles. The molecule has 0 atom stereocenters. The Morgan fingerprint density at radius 1 is 0.400 bits per heavy atom. The lowest BCUT2D eigenvalue weighted by atomic mass is 10.0. The molecule has 0 rings (SSSR count). The largest absolute Gasteiger partial charge is 0.462 e. The van der Waals surface area contributed by atoms with Crippen LogP contribution in [0.4, 0.5) is 0 Å². The number of ether oxygens (including phenoxy) is 2. The quantitative estimate of drug-likeness (QED) is 0.0685. The fourth-order valence-corrected chi connectivity index (χ4v) is 4.14. The summed E-state index contributed by atoms with van der Waals surface area (Å²) in [6.07, 6.45) is 27.4. The fourth-order valence-electron chi connectivity index (χ4n) is 4.14. The molecule has 0 aromatic heterocycles. The van der Waals surface area contributed by atoms with Gasteiger partial charge in [-0.3, -0.25) is 0 Å². The van der Waals surface area contributed by atoms with E-state index in [1.54, 1.807) is 13.8 Å². The predicted molar refractivity (Wildman–Crippen MR) is 149 cm³/mol. The van der Waals surface area contributed by atoms with Crippen LogP contribution in [0.5, 0.6) is 0 Å². The van der Waals surface area contributed by atoms with Crippen molar-refractivity contribution in [3.8, 4) is 0 Å². The molecule has 0 heterocycles. The van der Waals surface area contributed by atoms with Crippen LogP contribution >= 0.6 is 0 Å². The van der Waals surface area contributed by atoms with E-state index in [0.29, 0.717) is 24.4 Å². The lowest BCUT2D eigenvalue weighted by Crippen LogP contribution is -2.05. The van der Waals surface area contributed by atoms with Gasteiger partial charge in [-0.25, -0.2) is 9.59 Å². The zero-order chi connectivity index (χ0) is 26.0. The molecular formula is C31H56O4. The van der Waals surface area contributed by atoms with E-state index in [0.717, 1.165) is 25.7 Å². The summed E-state index contributed by atoms with van der Waals surface area (Å²) in [5, 5.41) is 0. The summed E-state index contributed by atoms with van der Waals surface area (Å²) in [6.45, 7) is 11.6. The summed E-state index contributed by atoms with van der Waals surface area (Å²) < 4.78 is 10.2. The maximum absolute atomic E-state index is 11.3. The van der Waals surface area contributed by atoms with E-state index >= 15 is 0 Å². The molecule has 0 saturated heterocycles. The summed E-state index contributed by atoms with van der Waals surface area (Å²) in [7, 11) is 0. The van der Waals surface area contributed by atoms with Crippen molar-refractivity contribution in [3.05, 3.63) is 24.3 Å². The minimum Gasteiger partial charge on any atom is -0.462 e. The maximum atomic E-state index is 11.3. The first-order valence-electron chi connectivity index (χ1n) is 14.6. The normalized spacial score (nSPS) is 10.8. The van der Waals surface area contributed by atoms with Gasteiger partial charge in [0.1, 0.15) is 0 Å². The van der Waals surface area contributed by atoms with Crippen LogP contribution < -0.4 is 0 Å². The van der Waals surface area contributed by atoms with Gasteiger partial charge < -0.3 is 9.47 Å². The molecule has 0 fully saturated rings. The smallest absolute Gasteiger partial charge is 0.333 e. The summed E-state index contributed by atoms with van der Waals surface area (Å²) >= 11 is 0. The minimum atomic E-state index is -0.262. The van der Waals surface area contributed by atoms with Gasteiger partial charge in [-0.1, -0.05) is 135 Å². The van der Waals surface area contributed by atoms with E-state index in [-0.39, 0.29) is 11.9 Å². The highest BCUT2D eigenvalue weighted by Crippen LogP contribution is 2.15. The van der Waals surface area contributed by atoms with E-state index in [4.69, 9.17) is 9.47 Å².